The lowest BCUT2D eigenvalue weighted by Crippen LogP contribution is -2.30. The van der Waals surface area contributed by atoms with Crippen molar-refractivity contribution in [1.29, 1.82) is 0 Å². The number of fused-ring (bicyclic) bond motifs is 1. The Hall–Kier alpha value is -1.02. The van der Waals surface area contributed by atoms with Crippen LogP contribution in [-0.2, 0) is 12.8 Å². The summed E-state index contributed by atoms with van der Waals surface area (Å²) in [7, 11) is 0. The second-order valence-corrected chi connectivity index (χ2v) is 5.77. The molecule has 2 heterocycles. The lowest BCUT2D eigenvalue weighted by atomic mass is 9.90. The summed E-state index contributed by atoms with van der Waals surface area (Å²) in [6.45, 7) is 5.46. The predicted molar refractivity (Wildman–Crippen MR) is 74.3 cm³/mol. The molecule has 0 spiro atoms. The van der Waals surface area contributed by atoms with Crippen LogP contribution in [-0.4, -0.2) is 19.7 Å². The molecule has 2 nitrogen and oxygen atoms in total. The van der Waals surface area contributed by atoms with Gasteiger partial charge in [-0.05, 0) is 74.7 Å². The van der Waals surface area contributed by atoms with Crippen LogP contribution in [0.25, 0.3) is 0 Å². The monoisotopic (exact) mass is 245 g/mol. The molecule has 3 rings (SSSR count). The number of hydrogen-bond donors (Lipinski definition) is 1. The molecular weight excluding hydrogens is 222 g/mol. The molecule has 2 aliphatic heterocycles. The van der Waals surface area contributed by atoms with E-state index in [0.29, 0.717) is 0 Å². The van der Waals surface area contributed by atoms with Crippen molar-refractivity contribution in [3.8, 4) is 5.75 Å². The third kappa shape index (κ3) is 2.54. The fourth-order valence-corrected chi connectivity index (χ4v) is 3.31. The zero-order valence-corrected chi connectivity index (χ0v) is 11.3. The van der Waals surface area contributed by atoms with Crippen molar-refractivity contribution in [1.82, 2.24) is 5.32 Å². The van der Waals surface area contributed by atoms with Crippen molar-refractivity contribution in [2.45, 2.75) is 39.0 Å². The first kappa shape index (κ1) is 12.0. The van der Waals surface area contributed by atoms with Gasteiger partial charge in [0.25, 0.3) is 0 Å². The number of benzene rings is 1. The van der Waals surface area contributed by atoms with E-state index in [1.54, 1.807) is 0 Å². The smallest absolute Gasteiger partial charge is 0.125 e. The highest BCUT2D eigenvalue weighted by molar-refractivity contribution is 5.45. The van der Waals surface area contributed by atoms with Gasteiger partial charge < -0.3 is 10.1 Å². The average Bonchev–Trinajstić information content (AvgIpc) is 2.40. The summed E-state index contributed by atoms with van der Waals surface area (Å²) in [5.74, 6) is 1.98. The molecule has 1 saturated heterocycles. The molecule has 0 radical (unpaired) electrons. The van der Waals surface area contributed by atoms with Gasteiger partial charge in [-0.25, -0.2) is 0 Å². The number of ether oxygens (including phenoxy) is 1. The van der Waals surface area contributed by atoms with Gasteiger partial charge in [-0.1, -0.05) is 12.1 Å². The Kier molecular flexibility index (Phi) is 3.55. The van der Waals surface area contributed by atoms with E-state index in [-0.39, 0.29) is 0 Å². The molecule has 0 aromatic heterocycles. The number of hydrogen-bond acceptors (Lipinski definition) is 2. The first-order valence-corrected chi connectivity index (χ1v) is 7.29. The van der Waals surface area contributed by atoms with Crippen LogP contribution in [0.5, 0.6) is 5.75 Å². The van der Waals surface area contributed by atoms with Crippen molar-refractivity contribution in [2.24, 2.45) is 5.92 Å². The largest absolute Gasteiger partial charge is 0.493 e. The van der Waals surface area contributed by atoms with Crippen molar-refractivity contribution in [3.05, 3.63) is 28.8 Å². The third-order valence-corrected chi connectivity index (χ3v) is 4.17. The van der Waals surface area contributed by atoms with Crippen LogP contribution in [0, 0.1) is 12.8 Å². The number of nitrogens with one attached hydrogen (secondary N) is 1. The first-order chi connectivity index (χ1) is 8.83. The van der Waals surface area contributed by atoms with Gasteiger partial charge >= 0.3 is 0 Å². The molecule has 2 aliphatic rings. The lowest BCUT2D eigenvalue weighted by molar-refractivity contribution is 0.286. The third-order valence-electron chi connectivity index (χ3n) is 4.17. The molecule has 2 heteroatoms. The second kappa shape index (κ2) is 5.31. The van der Waals surface area contributed by atoms with E-state index < -0.39 is 0 Å². The number of piperidine rings is 1. The topological polar surface area (TPSA) is 21.3 Å². The molecule has 0 bridgehead atoms. The van der Waals surface area contributed by atoms with Crippen LogP contribution in [0.4, 0.5) is 0 Å². The molecule has 1 atom stereocenters. The second-order valence-electron chi connectivity index (χ2n) is 5.77. The summed E-state index contributed by atoms with van der Waals surface area (Å²) < 4.78 is 5.79. The summed E-state index contributed by atoms with van der Waals surface area (Å²) in [5.41, 5.74) is 4.26. The molecule has 1 fully saturated rings. The average molecular weight is 245 g/mol. The number of rotatable bonds is 2. The maximum absolute atomic E-state index is 5.79. The highest BCUT2D eigenvalue weighted by Crippen LogP contribution is 2.31. The van der Waals surface area contributed by atoms with Gasteiger partial charge in [0.2, 0.25) is 0 Å². The van der Waals surface area contributed by atoms with E-state index >= 15 is 0 Å². The van der Waals surface area contributed by atoms with E-state index in [1.165, 1.54) is 61.9 Å². The van der Waals surface area contributed by atoms with Crippen LogP contribution >= 0.6 is 0 Å². The Morgan fingerprint density at radius 3 is 3.11 bits per heavy atom. The summed E-state index contributed by atoms with van der Waals surface area (Å²) in [5, 5.41) is 3.51. The Bertz CT molecular complexity index is 421. The molecule has 0 amide bonds. The van der Waals surface area contributed by atoms with Crippen LogP contribution in [0.2, 0.25) is 0 Å². The van der Waals surface area contributed by atoms with E-state index in [0.717, 1.165) is 18.3 Å². The minimum absolute atomic E-state index is 0.820. The Morgan fingerprint density at radius 1 is 1.33 bits per heavy atom. The lowest BCUT2D eigenvalue weighted by Gasteiger charge is -2.25. The summed E-state index contributed by atoms with van der Waals surface area (Å²) in [4.78, 5) is 0. The standard InChI is InChI=1S/C16H23NO/c1-12-8-14(9-13-4-2-6-17-11-13)10-15-5-3-7-18-16(12)15/h8,10,13,17H,2-7,9,11H2,1H3. The molecule has 0 aliphatic carbocycles. The quantitative estimate of drug-likeness (QED) is 0.865. The van der Waals surface area contributed by atoms with Gasteiger partial charge in [-0.3, -0.25) is 0 Å². The fraction of sp³-hybridized carbons (Fsp3) is 0.625. The van der Waals surface area contributed by atoms with Crippen molar-refractivity contribution < 1.29 is 4.74 Å². The summed E-state index contributed by atoms with van der Waals surface area (Å²) >= 11 is 0. The molecule has 98 valence electrons. The highest BCUT2D eigenvalue weighted by Gasteiger charge is 2.17. The molecule has 1 N–H and O–H groups in total. The Balaban J connectivity index is 1.77. The van der Waals surface area contributed by atoms with Crippen LogP contribution in [0.1, 0.15) is 36.0 Å². The van der Waals surface area contributed by atoms with Crippen LogP contribution < -0.4 is 10.1 Å². The van der Waals surface area contributed by atoms with Crippen molar-refractivity contribution >= 4 is 0 Å². The van der Waals surface area contributed by atoms with Crippen molar-refractivity contribution in [2.75, 3.05) is 19.7 Å². The number of aryl methyl sites for hydroxylation is 2. The zero-order valence-electron chi connectivity index (χ0n) is 11.3. The highest BCUT2D eigenvalue weighted by atomic mass is 16.5. The predicted octanol–water partition coefficient (Wildman–Crippen LogP) is 2.86. The molecule has 1 aromatic carbocycles. The fourth-order valence-electron chi connectivity index (χ4n) is 3.31. The molecule has 18 heavy (non-hydrogen) atoms. The van der Waals surface area contributed by atoms with Gasteiger partial charge in [0.05, 0.1) is 6.61 Å². The SMILES string of the molecule is Cc1cc(CC2CCCNC2)cc2c1OCCC2. The van der Waals surface area contributed by atoms with Crippen LogP contribution in [0.15, 0.2) is 12.1 Å². The molecule has 1 unspecified atom stereocenters. The Morgan fingerprint density at radius 2 is 2.28 bits per heavy atom. The molecular formula is C16H23NO. The van der Waals surface area contributed by atoms with Gasteiger partial charge in [0.15, 0.2) is 0 Å². The zero-order chi connectivity index (χ0) is 12.4. The van der Waals surface area contributed by atoms with Gasteiger partial charge in [0.1, 0.15) is 5.75 Å². The van der Waals surface area contributed by atoms with Crippen LogP contribution in [0.3, 0.4) is 0 Å². The van der Waals surface area contributed by atoms with E-state index in [1.807, 2.05) is 0 Å². The van der Waals surface area contributed by atoms with Gasteiger partial charge in [-0.2, -0.15) is 0 Å². The van der Waals surface area contributed by atoms with E-state index in [9.17, 15) is 0 Å². The Labute approximate surface area is 110 Å². The van der Waals surface area contributed by atoms with Gasteiger partial charge in [0, 0.05) is 0 Å². The maximum atomic E-state index is 5.79. The molecule has 1 aromatic rings. The summed E-state index contributed by atoms with van der Waals surface area (Å²) in [6.07, 6.45) is 6.28. The van der Waals surface area contributed by atoms with E-state index in [4.69, 9.17) is 4.74 Å². The van der Waals surface area contributed by atoms with Gasteiger partial charge in [-0.15, -0.1) is 0 Å². The first-order valence-electron chi connectivity index (χ1n) is 7.29. The minimum atomic E-state index is 0.820. The minimum Gasteiger partial charge on any atom is -0.493 e. The normalized spacial score (nSPS) is 23.3. The van der Waals surface area contributed by atoms with Crippen molar-refractivity contribution in [3.63, 3.8) is 0 Å². The maximum Gasteiger partial charge on any atom is 0.125 e. The molecule has 0 saturated carbocycles. The summed E-state index contributed by atoms with van der Waals surface area (Å²) in [6, 6.07) is 4.72. The van der Waals surface area contributed by atoms with E-state index in [2.05, 4.69) is 24.4 Å².